The van der Waals surface area contributed by atoms with E-state index < -0.39 is 6.61 Å². The highest BCUT2D eigenvalue weighted by Gasteiger charge is 2.20. The first kappa shape index (κ1) is 34.7. The molecule has 1 aliphatic rings. The second kappa shape index (κ2) is 19.5. The van der Waals surface area contributed by atoms with Gasteiger partial charge in [0.05, 0.1) is 68.6 Å². The van der Waals surface area contributed by atoms with Crippen molar-refractivity contribution in [1.82, 2.24) is 25.0 Å². The highest BCUT2D eigenvalue weighted by atomic mass is 35.5. The third kappa shape index (κ3) is 12.4. The number of aliphatic hydroxyl groups is 1. The van der Waals surface area contributed by atoms with Gasteiger partial charge in [-0.25, -0.2) is 0 Å². The van der Waals surface area contributed by atoms with Crippen LogP contribution in [0, 0.1) is 0 Å². The van der Waals surface area contributed by atoms with Gasteiger partial charge in [-0.05, 0) is 23.8 Å². The zero-order valence-corrected chi connectivity index (χ0v) is 25.6. The van der Waals surface area contributed by atoms with Crippen molar-refractivity contribution >= 4 is 35.0 Å². The van der Waals surface area contributed by atoms with Crippen molar-refractivity contribution in [3.8, 4) is 11.3 Å². The molecule has 0 fully saturated rings. The highest BCUT2D eigenvalue weighted by molar-refractivity contribution is 6.41. The second-order valence-corrected chi connectivity index (χ2v) is 10.3. The Hall–Kier alpha value is -2.75. The molecule has 0 radical (unpaired) electrons. The Morgan fingerprint density at radius 1 is 1.00 bits per heavy atom. The van der Waals surface area contributed by atoms with Gasteiger partial charge in [0.1, 0.15) is 13.2 Å². The van der Waals surface area contributed by atoms with Crippen LogP contribution in [0.1, 0.15) is 11.3 Å². The number of nitrogens with zero attached hydrogens (tertiary/aromatic N) is 3. The summed E-state index contributed by atoms with van der Waals surface area (Å²) in [6, 6.07) is 5.34. The van der Waals surface area contributed by atoms with E-state index in [9.17, 15) is 14.7 Å². The Kier molecular flexibility index (Phi) is 15.8. The van der Waals surface area contributed by atoms with E-state index in [1.54, 1.807) is 29.4 Å². The Morgan fingerprint density at radius 3 is 2.35 bits per heavy atom. The van der Waals surface area contributed by atoms with Crippen molar-refractivity contribution in [2.75, 3.05) is 79.1 Å². The van der Waals surface area contributed by atoms with E-state index in [4.69, 9.17) is 47.9 Å². The van der Waals surface area contributed by atoms with Crippen molar-refractivity contribution in [3.05, 3.63) is 51.9 Å². The number of aromatic amines is 1. The standard InChI is InChI=1S/C28H40Cl2N6O7/c29-23-16-21(15-22-18-35(28(39)20-37)5-1-25(22)33-17-24(23)30)26-2-6-36(34-26)19-27(38)32-4-8-41-10-12-43-14-13-42-11-9-40-7-3-31/h2,6,15-17,33,37H,1,3-5,7-14,18-20,31H2,(H,32,38). The number of rotatable bonds is 18. The predicted molar refractivity (Wildman–Crippen MR) is 161 cm³/mol. The van der Waals surface area contributed by atoms with E-state index in [0.717, 1.165) is 11.3 Å². The molecule has 0 bridgehead atoms. The van der Waals surface area contributed by atoms with Crippen molar-refractivity contribution in [2.24, 2.45) is 5.73 Å². The number of hydrogen-bond acceptors (Lipinski definition) is 9. The zero-order valence-electron chi connectivity index (χ0n) is 24.1. The van der Waals surface area contributed by atoms with Gasteiger partial charge in [0, 0.05) is 56.3 Å². The molecule has 0 spiro atoms. The van der Waals surface area contributed by atoms with Gasteiger partial charge in [-0.3, -0.25) is 14.3 Å². The highest BCUT2D eigenvalue weighted by Crippen LogP contribution is 2.27. The molecule has 0 atom stereocenters. The smallest absolute Gasteiger partial charge is 0.248 e. The molecule has 43 heavy (non-hydrogen) atoms. The maximum absolute atomic E-state index is 12.4. The summed E-state index contributed by atoms with van der Waals surface area (Å²) in [6.45, 7) is 4.73. The SMILES string of the molecule is NCCOCCOCCOCCOCCNC(=O)Cn1ccc(-c2cc(Cl)c(Cl)c[nH]c3c(c2)CN(C(=O)CO)CC3)n1. The molecular formula is C28H40Cl2N6O7. The fourth-order valence-electron chi connectivity index (χ4n) is 4.11. The number of nitrogens with two attached hydrogens (primary N) is 1. The lowest BCUT2D eigenvalue weighted by molar-refractivity contribution is -0.135. The minimum Gasteiger partial charge on any atom is -0.387 e. The third-order valence-corrected chi connectivity index (χ3v) is 6.99. The molecule has 238 valence electrons. The first-order valence-corrected chi connectivity index (χ1v) is 14.8. The van der Waals surface area contributed by atoms with Gasteiger partial charge in [0.15, 0.2) is 0 Å². The molecule has 0 aliphatic carbocycles. The molecule has 0 saturated heterocycles. The topological polar surface area (TPSA) is 166 Å². The Morgan fingerprint density at radius 2 is 1.67 bits per heavy atom. The number of carbonyl (C=O) groups excluding carboxylic acids is 2. The molecule has 15 heteroatoms. The number of nitrogens with one attached hydrogen (secondary N) is 2. The largest absolute Gasteiger partial charge is 0.387 e. The minimum absolute atomic E-state index is 0.0139. The van der Waals surface area contributed by atoms with Gasteiger partial charge in [-0.15, -0.1) is 0 Å². The van der Waals surface area contributed by atoms with E-state index in [1.807, 2.05) is 6.07 Å². The quantitative estimate of drug-likeness (QED) is 0.175. The Labute approximate surface area is 260 Å². The van der Waals surface area contributed by atoms with Crippen LogP contribution in [0.25, 0.3) is 11.3 Å². The number of aliphatic hydroxyl groups excluding tert-OH is 1. The monoisotopic (exact) mass is 642 g/mol. The van der Waals surface area contributed by atoms with E-state index in [0.29, 0.717) is 107 Å². The lowest BCUT2D eigenvalue weighted by Gasteiger charge is -2.27. The summed E-state index contributed by atoms with van der Waals surface area (Å²) >= 11 is 12.8. The van der Waals surface area contributed by atoms with E-state index in [2.05, 4.69) is 15.4 Å². The first-order chi connectivity index (χ1) is 20.9. The molecule has 2 amide bonds. The van der Waals surface area contributed by atoms with Crippen molar-refractivity contribution in [2.45, 2.75) is 19.5 Å². The number of fused-ring (bicyclic) bond motifs is 1. The van der Waals surface area contributed by atoms with E-state index >= 15 is 0 Å². The number of amides is 2. The van der Waals surface area contributed by atoms with Crippen LogP contribution in [0.4, 0.5) is 0 Å². The average Bonchev–Trinajstić information content (AvgIpc) is 3.48. The zero-order chi connectivity index (χ0) is 30.9. The summed E-state index contributed by atoms with van der Waals surface area (Å²) in [7, 11) is 0. The maximum atomic E-state index is 12.4. The van der Waals surface area contributed by atoms with Crippen LogP contribution >= 0.6 is 23.2 Å². The average molecular weight is 644 g/mol. The number of hydrogen-bond donors (Lipinski definition) is 4. The molecule has 0 saturated carbocycles. The van der Waals surface area contributed by atoms with Crippen LogP contribution in [0.5, 0.6) is 0 Å². The van der Waals surface area contributed by atoms with Crippen LogP contribution in [0.3, 0.4) is 0 Å². The van der Waals surface area contributed by atoms with Gasteiger partial charge in [-0.2, -0.15) is 5.10 Å². The number of carbonyl (C=O) groups is 2. The minimum atomic E-state index is -0.555. The molecule has 2 aromatic rings. The van der Waals surface area contributed by atoms with Crippen LogP contribution in [-0.4, -0.2) is 116 Å². The van der Waals surface area contributed by atoms with E-state index in [1.165, 1.54) is 4.68 Å². The summed E-state index contributed by atoms with van der Waals surface area (Å²) in [6.07, 6.45) is 3.85. The lowest BCUT2D eigenvalue weighted by Crippen LogP contribution is -2.37. The predicted octanol–water partition coefficient (Wildman–Crippen LogP) is 1.33. The second-order valence-electron chi connectivity index (χ2n) is 9.44. The van der Waals surface area contributed by atoms with Crippen molar-refractivity contribution < 1.29 is 33.6 Å². The molecule has 2 aromatic heterocycles. The van der Waals surface area contributed by atoms with Crippen LogP contribution in [0.15, 0.2) is 30.6 Å². The number of halogens is 2. The van der Waals surface area contributed by atoms with Gasteiger partial charge in [0.25, 0.3) is 0 Å². The fourth-order valence-corrected chi connectivity index (χ4v) is 4.40. The molecule has 0 unspecified atom stereocenters. The van der Waals surface area contributed by atoms with Crippen molar-refractivity contribution in [1.29, 1.82) is 0 Å². The lowest BCUT2D eigenvalue weighted by atomic mass is 10.0. The molecule has 0 aromatic carbocycles. The van der Waals surface area contributed by atoms with Gasteiger partial charge in [0.2, 0.25) is 11.8 Å². The molecule has 1 aliphatic heterocycles. The molecule has 13 nitrogen and oxygen atoms in total. The van der Waals surface area contributed by atoms with Crippen LogP contribution < -0.4 is 11.1 Å². The molecule has 3 rings (SSSR count). The number of H-pyrrole nitrogens is 1. The van der Waals surface area contributed by atoms with Gasteiger partial charge >= 0.3 is 0 Å². The van der Waals surface area contributed by atoms with Crippen molar-refractivity contribution in [3.63, 3.8) is 0 Å². The normalized spacial score (nSPS) is 12.6. The summed E-state index contributed by atoms with van der Waals surface area (Å²) in [5.41, 5.74) is 8.29. The van der Waals surface area contributed by atoms with Crippen LogP contribution in [0.2, 0.25) is 10.0 Å². The Balaban J connectivity index is 1.45. The van der Waals surface area contributed by atoms with Gasteiger partial charge < -0.3 is 45.0 Å². The van der Waals surface area contributed by atoms with Gasteiger partial charge in [-0.1, -0.05) is 23.2 Å². The third-order valence-electron chi connectivity index (χ3n) is 6.27. The fraction of sp³-hybridized carbons (Fsp3) is 0.536. The molecule has 5 N–H and O–H groups in total. The number of aromatic nitrogens is 3. The molecular weight excluding hydrogens is 603 g/mol. The summed E-state index contributed by atoms with van der Waals surface area (Å²) < 4.78 is 23.0. The van der Waals surface area contributed by atoms with E-state index in [-0.39, 0.29) is 18.4 Å². The summed E-state index contributed by atoms with van der Waals surface area (Å²) in [5, 5.41) is 17.3. The van der Waals surface area contributed by atoms with Crippen LogP contribution in [-0.2, 0) is 48.0 Å². The molecule has 3 heterocycles. The summed E-state index contributed by atoms with van der Waals surface area (Å²) in [4.78, 5) is 29.3. The Bertz CT molecular complexity index is 1220. The first-order valence-electron chi connectivity index (χ1n) is 14.0. The number of ether oxygens (including phenoxy) is 4. The summed E-state index contributed by atoms with van der Waals surface area (Å²) in [5.74, 6) is -0.565. The maximum Gasteiger partial charge on any atom is 0.248 e.